The van der Waals surface area contributed by atoms with Crippen LogP contribution in [0.1, 0.15) is 12.0 Å². The first-order valence-corrected chi connectivity index (χ1v) is 4.31. The highest BCUT2D eigenvalue weighted by Crippen LogP contribution is 2.16. The lowest BCUT2D eigenvalue weighted by atomic mass is 10.2. The van der Waals surface area contributed by atoms with Crippen LogP contribution in [0.25, 0.3) is 6.08 Å². The zero-order valence-electron chi connectivity index (χ0n) is 7.86. The first kappa shape index (κ1) is 11.2. The Hall–Kier alpha value is -1.89. The van der Waals surface area contributed by atoms with Gasteiger partial charge in [0.2, 0.25) is 0 Å². The number of alkyl halides is 2. The molecule has 0 fully saturated rings. The molecule has 0 radical (unpaired) electrons. The third kappa shape index (κ3) is 4.23. The highest BCUT2D eigenvalue weighted by molar-refractivity contribution is 5.51. The van der Waals surface area contributed by atoms with Crippen LogP contribution in [0, 0.1) is 11.3 Å². The van der Waals surface area contributed by atoms with Crippen molar-refractivity contribution in [3.05, 3.63) is 35.9 Å². The van der Waals surface area contributed by atoms with Crippen molar-refractivity contribution in [2.24, 2.45) is 0 Å². The van der Waals surface area contributed by atoms with E-state index in [1.807, 2.05) is 6.07 Å². The molecule has 2 nitrogen and oxygen atoms in total. The Kier molecular flexibility index (Phi) is 4.30. The normalized spacial score (nSPS) is 10.5. The molecule has 0 N–H and O–H groups in total. The van der Waals surface area contributed by atoms with Gasteiger partial charge in [-0.25, -0.2) is 0 Å². The minimum Gasteiger partial charge on any atom is -0.435 e. The molecule has 15 heavy (non-hydrogen) atoms. The highest BCUT2D eigenvalue weighted by atomic mass is 19.3. The van der Waals surface area contributed by atoms with E-state index in [0.717, 1.165) is 5.56 Å². The van der Waals surface area contributed by atoms with E-state index in [0.29, 0.717) is 6.42 Å². The summed E-state index contributed by atoms with van der Waals surface area (Å²) in [6.45, 7) is -2.82. The number of halogens is 2. The molecule has 0 saturated heterocycles. The van der Waals surface area contributed by atoms with Crippen LogP contribution in [0.2, 0.25) is 0 Å². The Balaban J connectivity index is 2.70. The van der Waals surface area contributed by atoms with Crippen molar-refractivity contribution in [1.82, 2.24) is 0 Å². The first-order valence-electron chi connectivity index (χ1n) is 4.31. The summed E-state index contributed by atoms with van der Waals surface area (Å²) in [5.74, 6) is 0.115. The number of benzene rings is 1. The number of hydrogen-bond acceptors (Lipinski definition) is 2. The molecule has 0 aliphatic heterocycles. The fourth-order valence-electron chi connectivity index (χ4n) is 1.04. The maximum Gasteiger partial charge on any atom is 0.387 e. The lowest BCUT2D eigenvalue weighted by molar-refractivity contribution is -0.0498. The average Bonchev–Trinajstić information content (AvgIpc) is 2.18. The molecule has 1 rings (SSSR count). The molecule has 0 unspecified atom stereocenters. The minimum absolute atomic E-state index is 0.115. The molecule has 0 amide bonds. The topological polar surface area (TPSA) is 33.0 Å². The molecular formula is C11H9F2NO. The van der Waals surface area contributed by atoms with Gasteiger partial charge in [0.05, 0.1) is 12.5 Å². The predicted molar refractivity (Wildman–Crippen MR) is 52.3 cm³/mol. The molecule has 4 heteroatoms. The van der Waals surface area contributed by atoms with Crippen LogP contribution in [0.15, 0.2) is 30.3 Å². The molecule has 0 heterocycles. The van der Waals surface area contributed by atoms with Crippen molar-refractivity contribution in [2.75, 3.05) is 0 Å². The van der Waals surface area contributed by atoms with Crippen molar-refractivity contribution >= 4 is 6.08 Å². The first-order chi connectivity index (χ1) is 7.22. The Morgan fingerprint density at radius 3 is 2.93 bits per heavy atom. The number of nitrogens with zero attached hydrogens (tertiary/aromatic N) is 1. The molecule has 0 aliphatic rings. The van der Waals surface area contributed by atoms with Crippen molar-refractivity contribution < 1.29 is 13.5 Å². The fourth-order valence-corrected chi connectivity index (χ4v) is 1.04. The third-order valence-corrected chi connectivity index (χ3v) is 1.60. The van der Waals surface area contributed by atoms with Gasteiger partial charge >= 0.3 is 6.61 Å². The van der Waals surface area contributed by atoms with Crippen LogP contribution < -0.4 is 4.74 Å². The monoisotopic (exact) mass is 209 g/mol. The van der Waals surface area contributed by atoms with E-state index in [1.54, 1.807) is 24.3 Å². The van der Waals surface area contributed by atoms with Gasteiger partial charge in [-0.2, -0.15) is 14.0 Å². The van der Waals surface area contributed by atoms with Gasteiger partial charge in [-0.15, -0.1) is 0 Å². The molecule has 0 atom stereocenters. The number of allylic oxidation sites excluding steroid dienone is 1. The molecule has 78 valence electrons. The van der Waals surface area contributed by atoms with E-state index < -0.39 is 6.61 Å². The van der Waals surface area contributed by atoms with Crippen molar-refractivity contribution in [1.29, 1.82) is 5.26 Å². The summed E-state index contributed by atoms with van der Waals surface area (Å²) in [5.41, 5.74) is 0.725. The third-order valence-electron chi connectivity index (χ3n) is 1.60. The van der Waals surface area contributed by atoms with Crippen LogP contribution in [0.3, 0.4) is 0 Å². The number of ether oxygens (including phenoxy) is 1. The second kappa shape index (κ2) is 5.76. The van der Waals surface area contributed by atoms with E-state index in [2.05, 4.69) is 4.74 Å². The maximum absolute atomic E-state index is 11.9. The van der Waals surface area contributed by atoms with Gasteiger partial charge in [-0.3, -0.25) is 0 Å². The lowest BCUT2D eigenvalue weighted by Gasteiger charge is -2.04. The van der Waals surface area contributed by atoms with E-state index in [-0.39, 0.29) is 5.75 Å². The largest absolute Gasteiger partial charge is 0.435 e. The van der Waals surface area contributed by atoms with Crippen LogP contribution in [0.5, 0.6) is 5.75 Å². The second-order valence-electron chi connectivity index (χ2n) is 2.72. The fraction of sp³-hybridized carbons (Fsp3) is 0.182. The van der Waals surface area contributed by atoms with Crippen LogP contribution in [-0.2, 0) is 0 Å². The standard InChI is InChI=1S/C11H9F2NO/c12-11(13)15-10-6-3-5-9(8-10)4-1-2-7-14/h1,3-6,8,11H,2H2. The molecule has 0 spiro atoms. The Morgan fingerprint density at radius 2 is 2.27 bits per heavy atom. The van der Waals surface area contributed by atoms with E-state index >= 15 is 0 Å². The highest BCUT2D eigenvalue weighted by Gasteiger charge is 2.03. The molecular weight excluding hydrogens is 200 g/mol. The maximum atomic E-state index is 11.9. The summed E-state index contributed by atoms with van der Waals surface area (Å²) in [7, 11) is 0. The van der Waals surface area contributed by atoms with Crippen molar-refractivity contribution in [3.63, 3.8) is 0 Å². The molecule has 1 aromatic rings. The lowest BCUT2D eigenvalue weighted by Crippen LogP contribution is -2.01. The molecule has 0 saturated carbocycles. The molecule has 0 aliphatic carbocycles. The van der Waals surface area contributed by atoms with Gasteiger partial charge in [-0.1, -0.05) is 24.3 Å². The minimum atomic E-state index is -2.82. The van der Waals surface area contributed by atoms with E-state index in [4.69, 9.17) is 5.26 Å². The summed E-state index contributed by atoms with van der Waals surface area (Å²) >= 11 is 0. The summed E-state index contributed by atoms with van der Waals surface area (Å²) in [6.07, 6.45) is 3.63. The second-order valence-corrected chi connectivity index (χ2v) is 2.72. The number of rotatable bonds is 4. The van der Waals surface area contributed by atoms with E-state index in [9.17, 15) is 8.78 Å². The molecule has 0 aromatic heterocycles. The summed E-state index contributed by atoms with van der Waals surface area (Å²) < 4.78 is 28.0. The van der Waals surface area contributed by atoms with Gasteiger partial charge in [0.1, 0.15) is 5.75 Å². The van der Waals surface area contributed by atoms with Crippen molar-refractivity contribution in [2.45, 2.75) is 13.0 Å². The van der Waals surface area contributed by atoms with Gasteiger partial charge in [0.25, 0.3) is 0 Å². The van der Waals surface area contributed by atoms with Gasteiger partial charge in [0, 0.05) is 0 Å². The number of hydrogen-bond donors (Lipinski definition) is 0. The van der Waals surface area contributed by atoms with Gasteiger partial charge in [0.15, 0.2) is 0 Å². The SMILES string of the molecule is N#CCC=Cc1cccc(OC(F)F)c1. The quantitative estimate of drug-likeness (QED) is 0.762. The molecule has 0 bridgehead atoms. The zero-order valence-corrected chi connectivity index (χ0v) is 7.86. The number of nitriles is 1. The smallest absolute Gasteiger partial charge is 0.387 e. The summed E-state index contributed by atoms with van der Waals surface area (Å²) in [4.78, 5) is 0. The average molecular weight is 209 g/mol. The Bertz CT molecular complexity index is 382. The van der Waals surface area contributed by atoms with E-state index in [1.165, 1.54) is 12.1 Å². The summed E-state index contributed by atoms with van der Waals surface area (Å²) in [5, 5.41) is 8.29. The van der Waals surface area contributed by atoms with Crippen LogP contribution in [0.4, 0.5) is 8.78 Å². The van der Waals surface area contributed by atoms with Crippen LogP contribution in [-0.4, -0.2) is 6.61 Å². The van der Waals surface area contributed by atoms with Crippen molar-refractivity contribution in [3.8, 4) is 11.8 Å². The summed E-state index contributed by atoms with van der Waals surface area (Å²) in [6, 6.07) is 8.24. The van der Waals surface area contributed by atoms with Gasteiger partial charge < -0.3 is 4.74 Å². The van der Waals surface area contributed by atoms with Gasteiger partial charge in [-0.05, 0) is 17.7 Å². The Morgan fingerprint density at radius 1 is 1.47 bits per heavy atom. The predicted octanol–water partition coefficient (Wildman–Crippen LogP) is 3.21. The zero-order chi connectivity index (χ0) is 11.1. The Labute approximate surface area is 86.4 Å². The molecule has 1 aromatic carbocycles. The van der Waals surface area contributed by atoms with Crippen LogP contribution >= 0.6 is 0 Å².